The average molecular weight is 288 g/mol. The van der Waals surface area contributed by atoms with Crippen molar-refractivity contribution in [3.05, 3.63) is 70.0 Å². The van der Waals surface area contributed by atoms with E-state index in [0.717, 1.165) is 5.56 Å². The van der Waals surface area contributed by atoms with Gasteiger partial charge in [0, 0.05) is 0 Å². The number of hydrogen-bond donors (Lipinski definition) is 0. The van der Waals surface area contributed by atoms with Gasteiger partial charge in [-0.05, 0) is 24.6 Å². The number of ketones is 1. The summed E-state index contributed by atoms with van der Waals surface area (Å²) in [5, 5.41) is 9.09. The summed E-state index contributed by atoms with van der Waals surface area (Å²) in [6.45, 7) is 1.91. The van der Waals surface area contributed by atoms with E-state index < -0.39 is 17.5 Å². The highest BCUT2D eigenvalue weighted by Gasteiger charge is 2.25. The summed E-state index contributed by atoms with van der Waals surface area (Å²) in [7, 11) is 0. The topological polar surface area (TPSA) is 40.9 Å². The number of Topliss-reactive ketones (excluding diaryl/α,β-unsaturated/α-hetero) is 1. The van der Waals surface area contributed by atoms with Crippen LogP contribution in [0.15, 0.2) is 42.5 Å². The quantitative estimate of drug-likeness (QED) is 0.791. The number of carbonyl (C=O) groups excluding carboxylic acids is 1. The molecule has 0 bridgehead atoms. The summed E-state index contributed by atoms with van der Waals surface area (Å²) in [4.78, 5) is 12.3. The van der Waals surface area contributed by atoms with Gasteiger partial charge in [0.1, 0.15) is 5.92 Å². The predicted molar refractivity (Wildman–Crippen MR) is 75.3 cm³/mol. The van der Waals surface area contributed by atoms with Crippen LogP contribution in [0.5, 0.6) is 0 Å². The molecule has 0 amide bonds. The standard InChI is InChI=1S/C16H11ClFNO/c1-10-5-7-11(8-6-10)13(9-19)16(20)12-3-2-4-14(17)15(12)18/h2-8,13H,1H3. The summed E-state index contributed by atoms with van der Waals surface area (Å²) in [6.07, 6.45) is 0. The summed E-state index contributed by atoms with van der Waals surface area (Å²) in [5.74, 6) is -2.41. The molecular formula is C16H11ClFNO. The minimum absolute atomic E-state index is 0.128. The third-order valence-electron chi connectivity index (χ3n) is 3.02. The van der Waals surface area contributed by atoms with Gasteiger partial charge in [-0.2, -0.15) is 5.26 Å². The number of halogens is 2. The van der Waals surface area contributed by atoms with Crippen LogP contribution in [0, 0.1) is 24.1 Å². The van der Waals surface area contributed by atoms with Gasteiger partial charge in [-0.3, -0.25) is 4.79 Å². The minimum atomic E-state index is -1.04. The molecule has 0 fully saturated rings. The van der Waals surface area contributed by atoms with Crippen LogP contribution in [-0.4, -0.2) is 5.78 Å². The second kappa shape index (κ2) is 5.85. The summed E-state index contributed by atoms with van der Waals surface area (Å²) in [5.41, 5.74) is 1.40. The van der Waals surface area contributed by atoms with E-state index in [2.05, 4.69) is 0 Å². The largest absolute Gasteiger partial charge is 0.292 e. The van der Waals surface area contributed by atoms with Crippen molar-refractivity contribution in [1.29, 1.82) is 5.26 Å². The number of hydrogen-bond acceptors (Lipinski definition) is 2. The Balaban J connectivity index is 2.42. The van der Waals surface area contributed by atoms with Crippen LogP contribution < -0.4 is 0 Å². The number of carbonyl (C=O) groups is 1. The molecule has 0 saturated heterocycles. The van der Waals surface area contributed by atoms with E-state index in [4.69, 9.17) is 11.6 Å². The van der Waals surface area contributed by atoms with E-state index in [0.29, 0.717) is 5.56 Å². The maximum atomic E-state index is 13.9. The smallest absolute Gasteiger partial charge is 0.187 e. The van der Waals surface area contributed by atoms with Gasteiger partial charge in [-0.1, -0.05) is 47.5 Å². The molecule has 2 aromatic carbocycles. The molecule has 0 spiro atoms. The van der Waals surface area contributed by atoms with Crippen molar-refractivity contribution < 1.29 is 9.18 Å². The van der Waals surface area contributed by atoms with Crippen LogP contribution in [0.1, 0.15) is 27.4 Å². The molecule has 0 radical (unpaired) electrons. The number of benzene rings is 2. The van der Waals surface area contributed by atoms with Gasteiger partial charge in [-0.25, -0.2) is 4.39 Å². The lowest BCUT2D eigenvalue weighted by atomic mass is 9.91. The first-order valence-corrected chi connectivity index (χ1v) is 6.37. The van der Waals surface area contributed by atoms with Crippen LogP contribution in [0.3, 0.4) is 0 Å². The van der Waals surface area contributed by atoms with Crippen LogP contribution in [0.25, 0.3) is 0 Å². The Labute approximate surface area is 121 Å². The second-order valence-corrected chi connectivity index (χ2v) is 4.85. The molecule has 2 aromatic rings. The normalized spacial score (nSPS) is 11.7. The Morgan fingerprint density at radius 3 is 2.50 bits per heavy atom. The first-order valence-electron chi connectivity index (χ1n) is 5.99. The molecule has 0 saturated carbocycles. The Bertz CT molecular complexity index is 689. The molecule has 0 heterocycles. The molecule has 0 aliphatic heterocycles. The minimum Gasteiger partial charge on any atom is -0.292 e. The summed E-state index contributed by atoms with van der Waals surface area (Å²) < 4.78 is 13.9. The molecule has 1 atom stereocenters. The van der Waals surface area contributed by atoms with Crippen LogP contribution in [0.4, 0.5) is 4.39 Å². The van der Waals surface area contributed by atoms with Crippen molar-refractivity contribution in [2.75, 3.05) is 0 Å². The number of rotatable bonds is 3. The zero-order chi connectivity index (χ0) is 14.7. The maximum absolute atomic E-state index is 13.9. The van der Waals surface area contributed by atoms with Crippen molar-refractivity contribution in [2.45, 2.75) is 12.8 Å². The molecule has 0 aromatic heterocycles. The van der Waals surface area contributed by atoms with Gasteiger partial charge in [0.05, 0.1) is 16.7 Å². The first kappa shape index (κ1) is 14.2. The summed E-state index contributed by atoms with van der Waals surface area (Å²) >= 11 is 5.66. The molecule has 100 valence electrons. The maximum Gasteiger partial charge on any atom is 0.187 e. The third-order valence-corrected chi connectivity index (χ3v) is 3.31. The van der Waals surface area contributed by atoms with Gasteiger partial charge in [0.15, 0.2) is 11.6 Å². The summed E-state index contributed by atoms with van der Waals surface area (Å²) in [6, 6.07) is 13.1. The molecule has 1 unspecified atom stereocenters. The van der Waals surface area contributed by atoms with E-state index in [9.17, 15) is 14.4 Å². The van der Waals surface area contributed by atoms with Crippen molar-refractivity contribution >= 4 is 17.4 Å². The SMILES string of the molecule is Cc1ccc(C(C#N)C(=O)c2cccc(Cl)c2F)cc1. The fourth-order valence-electron chi connectivity index (χ4n) is 1.89. The highest BCUT2D eigenvalue weighted by Crippen LogP contribution is 2.25. The first-order chi connectivity index (χ1) is 9.54. The molecule has 20 heavy (non-hydrogen) atoms. The lowest BCUT2D eigenvalue weighted by Crippen LogP contribution is -2.13. The molecule has 4 heteroatoms. The molecule has 0 aliphatic rings. The van der Waals surface area contributed by atoms with Crippen LogP contribution in [-0.2, 0) is 0 Å². The van der Waals surface area contributed by atoms with E-state index in [-0.39, 0.29) is 10.6 Å². The molecule has 0 aliphatic carbocycles. The molecular weight excluding hydrogens is 277 g/mol. The lowest BCUT2D eigenvalue weighted by Gasteiger charge is -2.10. The zero-order valence-corrected chi connectivity index (χ0v) is 11.5. The Hall–Kier alpha value is -2.18. The molecule has 2 nitrogen and oxygen atoms in total. The van der Waals surface area contributed by atoms with E-state index in [1.807, 2.05) is 13.0 Å². The van der Waals surface area contributed by atoms with E-state index in [1.54, 1.807) is 24.3 Å². The van der Waals surface area contributed by atoms with Crippen molar-refractivity contribution in [3.8, 4) is 6.07 Å². The van der Waals surface area contributed by atoms with Crippen LogP contribution in [0.2, 0.25) is 5.02 Å². The van der Waals surface area contributed by atoms with Gasteiger partial charge in [0.2, 0.25) is 0 Å². The van der Waals surface area contributed by atoms with Crippen molar-refractivity contribution in [1.82, 2.24) is 0 Å². The van der Waals surface area contributed by atoms with Gasteiger partial charge < -0.3 is 0 Å². The number of aryl methyl sites for hydroxylation is 1. The highest BCUT2D eigenvalue weighted by molar-refractivity contribution is 6.31. The van der Waals surface area contributed by atoms with E-state index in [1.165, 1.54) is 18.2 Å². The molecule has 0 N–H and O–H groups in total. The van der Waals surface area contributed by atoms with Gasteiger partial charge >= 0.3 is 0 Å². The van der Waals surface area contributed by atoms with Gasteiger partial charge in [-0.15, -0.1) is 0 Å². The van der Waals surface area contributed by atoms with E-state index >= 15 is 0 Å². The number of nitriles is 1. The fourth-order valence-corrected chi connectivity index (χ4v) is 2.07. The van der Waals surface area contributed by atoms with Crippen molar-refractivity contribution in [2.24, 2.45) is 0 Å². The number of nitrogens with zero attached hydrogens (tertiary/aromatic N) is 1. The predicted octanol–water partition coefficient (Wildman–Crippen LogP) is 4.28. The van der Waals surface area contributed by atoms with Crippen LogP contribution >= 0.6 is 11.6 Å². The fraction of sp³-hybridized carbons (Fsp3) is 0.125. The second-order valence-electron chi connectivity index (χ2n) is 4.44. The monoisotopic (exact) mass is 287 g/mol. The Morgan fingerprint density at radius 1 is 1.25 bits per heavy atom. The Kier molecular flexibility index (Phi) is 4.16. The zero-order valence-electron chi connectivity index (χ0n) is 10.7. The molecule has 2 rings (SSSR count). The Morgan fingerprint density at radius 2 is 1.90 bits per heavy atom. The average Bonchev–Trinajstić information content (AvgIpc) is 2.44. The third kappa shape index (κ3) is 2.71. The lowest BCUT2D eigenvalue weighted by molar-refractivity contribution is 0.0975. The highest BCUT2D eigenvalue weighted by atomic mass is 35.5. The van der Waals surface area contributed by atoms with Gasteiger partial charge in [0.25, 0.3) is 0 Å². The van der Waals surface area contributed by atoms with Crippen molar-refractivity contribution in [3.63, 3.8) is 0 Å².